The van der Waals surface area contributed by atoms with E-state index < -0.39 is 0 Å². The first kappa shape index (κ1) is 24.4. The number of Topliss-reactive ketones (excluding diaryl/α,β-unsaturated/α-hetero) is 1. The van der Waals surface area contributed by atoms with Crippen molar-refractivity contribution in [1.29, 1.82) is 0 Å². The van der Waals surface area contributed by atoms with E-state index in [4.69, 9.17) is 38.0 Å². The van der Waals surface area contributed by atoms with Gasteiger partial charge in [-0.2, -0.15) is 0 Å². The number of methoxy groups -OCH3 is 1. The highest BCUT2D eigenvalue weighted by Gasteiger charge is 2.25. The predicted molar refractivity (Wildman–Crippen MR) is 136 cm³/mol. The molecule has 2 heterocycles. The number of hydrogen-bond donors (Lipinski definition) is 2. The summed E-state index contributed by atoms with van der Waals surface area (Å²) in [6, 6.07) is 7.26. The van der Waals surface area contributed by atoms with E-state index in [2.05, 4.69) is 15.6 Å². The van der Waals surface area contributed by atoms with Gasteiger partial charge in [0.1, 0.15) is 17.3 Å². The summed E-state index contributed by atoms with van der Waals surface area (Å²) in [5.41, 5.74) is 2.88. The summed E-state index contributed by atoms with van der Waals surface area (Å²) in [5.74, 6) is 1.20. The van der Waals surface area contributed by atoms with Crippen LogP contribution in [0.4, 0.5) is 5.69 Å². The fourth-order valence-corrected chi connectivity index (χ4v) is 4.73. The maximum absolute atomic E-state index is 12.9. The number of allylic oxidation sites excluding steroid dienone is 1. The van der Waals surface area contributed by atoms with E-state index in [1.165, 1.54) is 0 Å². The number of ketones is 1. The van der Waals surface area contributed by atoms with Crippen LogP contribution in [0.25, 0.3) is 0 Å². The second-order valence-corrected chi connectivity index (χ2v) is 9.00. The SMILES string of the molecule is COc1c(Cl)cccc1NC(=S)C1=C(NCc2ccncc2OCC2CCCO2)CCCC1=O. The number of thiocarbonyl (C=S) groups is 1. The predicted octanol–water partition coefficient (Wildman–Crippen LogP) is 4.84. The monoisotopic (exact) mass is 501 g/mol. The number of ether oxygens (including phenoxy) is 3. The van der Waals surface area contributed by atoms with E-state index in [9.17, 15) is 4.79 Å². The third kappa shape index (κ3) is 5.87. The smallest absolute Gasteiger partial charge is 0.167 e. The van der Waals surface area contributed by atoms with Crippen LogP contribution >= 0.6 is 23.8 Å². The number of nitrogens with zero attached hydrogens (tertiary/aromatic N) is 1. The zero-order valence-electron chi connectivity index (χ0n) is 19.1. The number of aromatic nitrogens is 1. The molecule has 180 valence electrons. The lowest BCUT2D eigenvalue weighted by molar-refractivity contribution is -0.115. The Hall–Kier alpha value is -2.68. The maximum Gasteiger partial charge on any atom is 0.167 e. The van der Waals surface area contributed by atoms with Gasteiger partial charge in [0.15, 0.2) is 11.5 Å². The van der Waals surface area contributed by atoms with Crippen LogP contribution in [0.1, 0.15) is 37.7 Å². The number of pyridine rings is 1. The van der Waals surface area contributed by atoms with E-state index >= 15 is 0 Å². The molecule has 1 aliphatic carbocycles. The number of hydrogen-bond acceptors (Lipinski definition) is 7. The standard InChI is InChI=1S/C25H28ClN3O4S/c1-31-24-18(26)6-2-8-20(24)29-25(34)23-19(7-3-9-21(23)30)28-13-16-10-11-27-14-22(16)33-15-17-5-4-12-32-17/h2,6,8,10-11,14,17,28H,3-5,7,9,12-13,15H2,1H3,(H,29,34). The molecule has 1 fully saturated rings. The lowest BCUT2D eigenvalue weighted by Crippen LogP contribution is -2.29. The zero-order valence-corrected chi connectivity index (χ0v) is 20.6. The molecule has 2 N–H and O–H groups in total. The van der Waals surface area contributed by atoms with Gasteiger partial charge in [-0.05, 0) is 43.9 Å². The van der Waals surface area contributed by atoms with Crippen LogP contribution < -0.4 is 20.1 Å². The van der Waals surface area contributed by atoms with Gasteiger partial charge in [-0.3, -0.25) is 9.78 Å². The second-order valence-electron chi connectivity index (χ2n) is 8.19. The van der Waals surface area contributed by atoms with E-state index in [1.54, 1.807) is 31.6 Å². The summed E-state index contributed by atoms with van der Waals surface area (Å²) in [7, 11) is 1.54. The molecular formula is C25H28ClN3O4S. The first-order chi connectivity index (χ1) is 16.6. The third-order valence-corrected chi connectivity index (χ3v) is 6.47. The van der Waals surface area contributed by atoms with Crippen LogP contribution in [0.3, 0.4) is 0 Å². The topological polar surface area (TPSA) is 81.7 Å². The minimum absolute atomic E-state index is 0.0110. The van der Waals surface area contributed by atoms with Gasteiger partial charge >= 0.3 is 0 Å². The number of halogens is 1. The van der Waals surface area contributed by atoms with Gasteiger partial charge < -0.3 is 24.8 Å². The summed E-state index contributed by atoms with van der Waals surface area (Å²) >= 11 is 11.9. The Morgan fingerprint density at radius 3 is 2.97 bits per heavy atom. The van der Waals surface area contributed by atoms with E-state index in [0.717, 1.165) is 43.6 Å². The summed E-state index contributed by atoms with van der Waals surface area (Å²) in [5, 5.41) is 7.04. The van der Waals surface area contributed by atoms with Gasteiger partial charge in [-0.15, -0.1) is 0 Å². The van der Waals surface area contributed by atoms with Crippen molar-refractivity contribution in [3.63, 3.8) is 0 Å². The summed E-state index contributed by atoms with van der Waals surface area (Å²) < 4.78 is 17.0. The van der Waals surface area contributed by atoms with Crippen molar-refractivity contribution in [1.82, 2.24) is 10.3 Å². The number of carbonyl (C=O) groups excluding carboxylic acids is 1. The molecule has 1 aliphatic heterocycles. The third-order valence-electron chi connectivity index (χ3n) is 5.87. The molecule has 7 nitrogen and oxygen atoms in total. The molecular weight excluding hydrogens is 474 g/mol. The molecule has 34 heavy (non-hydrogen) atoms. The molecule has 0 spiro atoms. The van der Waals surface area contributed by atoms with Crippen LogP contribution in [0.5, 0.6) is 11.5 Å². The highest BCUT2D eigenvalue weighted by atomic mass is 35.5. The number of benzene rings is 1. The Morgan fingerprint density at radius 1 is 1.29 bits per heavy atom. The minimum atomic E-state index is 0.0110. The van der Waals surface area contributed by atoms with Crippen molar-refractivity contribution >= 4 is 40.3 Å². The van der Waals surface area contributed by atoms with Crippen LogP contribution in [0.2, 0.25) is 5.02 Å². The Labute approximate surface area is 209 Å². The van der Waals surface area contributed by atoms with Gasteiger partial charge in [-0.1, -0.05) is 29.9 Å². The van der Waals surface area contributed by atoms with Crippen LogP contribution in [0, 0.1) is 0 Å². The first-order valence-electron chi connectivity index (χ1n) is 11.4. The quantitative estimate of drug-likeness (QED) is 0.472. The molecule has 0 radical (unpaired) electrons. The Kier molecular flexibility index (Phi) is 8.37. The molecule has 0 saturated carbocycles. The Bertz CT molecular complexity index is 1090. The molecule has 0 bridgehead atoms. The summed E-state index contributed by atoms with van der Waals surface area (Å²) in [6.07, 6.45) is 7.60. The average molecular weight is 502 g/mol. The minimum Gasteiger partial charge on any atom is -0.493 e. The lowest BCUT2D eigenvalue weighted by atomic mass is 9.94. The normalized spacial score (nSPS) is 18.1. The van der Waals surface area contributed by atoms with Crippen molar-refractivity contribution in [3.8, 4) is 11.5 Å². The largest absolute Gasteiger partial charge is 0.493 e. The molecule has 1 saturated heterocycles. The highest BCUT2D eigenvalue weighted by Crippen LogP contribution is 2.33. The molecule has 0 amide bonds. The van der Waals surface area contributed by atoms with Gasteiger partial charge in [0.2, 0.25) is 0 Å². The zero-order chi connectivity index (χ0) is 23.9. The van der Waals surface area contributed by atoms with E-state index in [1.807, 2.05) is 12.1 Å². The number of nitrogens with one attached hydrogen (secondary N) is 2. The van der Waals surface area contributed by atoms with Gasteiger partial charge in [0, 0.05) is 37.0 Å². The number of rotatable bonds is 9. The molecule has 1 aromatic heterocycles. The van der Waals surface area contributed by atoms with Crippen molar-refractivity contribution in [2.45, 2.75) is 44.8 Å². The van der Waals surface area contributed by atoms with Gasteiger partial charge in [-0.25, -0.2) is 0 Å². The van der Waals surface area contributed by atoms with Crippen molar-refractivity contribution in [3.05, 3.63) is 58.5 Å². The highest BCUT2D eigenvalue weighted by molar-refractivity contribution is 7.81. The lowest BCUT2D eigenvalue weighted by Gasteiger charge is -2.23. The van der Waals surface area contributed by atoms with E-state index in [0.29, 0.717) is 52.3 Å². The number of anilines is 1. The van der Waals surface area contributed by atoms with Crippen molar-refractivity contribution in [2.75, 3.05) is 25.6 Å². The van der Waals surface area contributed by atoms with E-state index in [-0.39, 0.29) is 11.9 Å². The fraction of sp³-hybridized carbons (Fsp3) is 0.400. The van der Waals surface area contributed by atoms with Crippen LogP contribution in [-0.2, 0) is 16.1 Å². The molecule has 1 unspecified atom stereocenters. The molecule has 9 heteroatoms. The average Bonchev–Trinajstić information content (AvgIpc) is 3.36. The van der Waals surface area contributed by atoms with Gasteiger partial charge in [0.25, 0.3) is 0 Å². The molecule has 2 aliphatic rings. The molecule has 1 atom stereocenters. The Balaban J connectivity index is 1.49. The van der Waals surface area contributed by atoms with Crippen LogP contribution in [-0.4, -0.2) is 42.2 Å². The Morgan fingerprint density at radius 2 is 2.18 bits per heavy atom. The van der Waals surface area contributed by atoms with Gasteiger partial charge in [0.05, 0.1) is 35.7 Å². The number of para-hydroxylation sites is 1. The molecule has 4 rings (SSSR count). The summed E-state index contributed by atoms with van der Waals surface area (Å²) in [4.78, 5) is 17.4. The number of carbonyl (C=O) groups is 1. The van der Waals surface area contributed by atoms with Crippen molar-refractivity contribution < 1.29 is 19.0 Å². The first-order valence-corrected chi connectivity index (χ1v) is 12.2. The molecule has 2 aromatic rings. The summed E-state index contributed by atoms with van der Waals surface area (Å²) in [6.45, 7) is 1.77. The molecule has 1 aromatic carbocycles. The van der Waals surface area contributed by atoms with Crippen molar-refractivity contribution in [2.24, 2.45) is 0 Å². The second kappa shape index (κ2) is 11.6. The maximum atomic E-state index is 12.9. The fourth-order valence-electron chi connectivity index (χ4n) is 4.13. The van der Waals surface area contributed by atoms with Crippen LogP contribution in [0.15, 0.2) is 47.9 Å².